The van der Waals surface area contributed by atoms with Gasteiger partial charge in [0, 0.05) is 16.9 Å². The molecule has 1 amide bonds. The van der Waals surface area contributed by atoms with Crippen molar-refractivity contribution in [1.82, 2.24) is 14.8 Å². The van der Waals surface area contributed by atoms with E-state index in [2.05, 4.69) is 34.9 Å². The summed E-state index contributed by atoms with van der Waals surface area (Å²) in [4.78, 5) is 18.5. The van der Waals surface area contributed by atoms with Gasteiger partial charge in [-0.2, -0.15) is 10.2 Å². The van der Waals surface area contributed by atoms with Crippen molar-refractivity contribution < 1.29 is 4.79 Å². The molecule has 4 aromatic carbocycles. The van der Waals surface area contributed by atoms with Gasteiger partial charge < -0.3 is 10.6 Å². The molecule has 0 spiro atoms. The quantitative estimate of drug-likeness (QED) is 0.333. The molecule has 178 valence electrons. The minimum Gasteiger partial charge on any atom is -0.328 e. The van der Waals surface area contributed by atoms with E-state index in [0.717, 1.165) is 21.9 Å². The fourth-order valence-corrected chi connectivity index (χ4v) is 4.75. The van der Waals surface area contributed by atoms with Crippen LogP contribution in [0.3, 0.4) is 0 Å². The molecule has 1 aromatic heterocycles. The summed E-state index contributed by atoms with van der Waals surface area (Å²) in [6, 6.07) is 32.4. The number of fused-ring (bicyclic) bond motifs is 2. The van der Waals surface area contributed by atoms with Gasteiger partial charge in [-0.25, -0.2) is 4.68 Å². The number of hydrogen-bond donors (Lipinski definition) is 2. The summed E-state index contributed by atoms with van der Waals surface area (Å²) in [5.41, 5.74) is 4.20. The van der Waals surface area contributed by atoms with E-state index in [1.165, 1.54) is 0 Å². The summed E-state index contributed by atoms with van der Waals surface area (Å²) >= 11 is 0. The minimum atomic E-state index is -0.538. The van der Waals surface area contributed by atoms with E-state index in [4.69, 9.17) is 10.1 Å². The van der Waals surface area contributed by atoms with Crippen LogP contribution in [0.2, 0.25) is 0 Å². The van der Waals surface area contributed by atoms with E-state index in [0.29, 0.717) is 34.3 Å². The number of carbonyl (C=O) groups excluding carboxylic acids is 1. The molecule has 1 aliphatic rings. The van der Waals surface area contributed by atoms with Crippen LogP contribution < -0.4 is 10.6 Å². The first-order valence-electron chi connectivity index (χ1n) is 11.9. The van der Waals surface area contributed by atoms with Crippen LogP contribution >= 0.6 is 0 Å². The predicted molar refractivity (Wildman–Crippen MR) is 144 cm³/mol. The van der Waals surface area contributed by atoms with Crippen LogP contribution in [0.4, 0.5) is 11.6 Å². The van der Waals surface area contributed by atoms with Crippen molar-refractivity contribution in [2.24, 2.45) is 0 Å². The molecule has 6 rings (SSSR count). The molecule has 37 heavy (non-hydrogen) atoms. The molecule has 0 radical (unpaired) electrons. The van der Waals surface area contributed by atoms with Crippen LogP contribution in [0.25, 0.3) is 22.2 Å². The number of rotatable bonds is 4. The molecule has 1 atom stereocenters. The number of para-hydroxylation sites is 1. The van der Waals surface area contributed by atoms with E-state index in [9.17, 15) is 10.1 Å². The third-order valence-electron chi connectivity index (χ3n) is 6.51. The molecule has 1 unspecified atom stereocenters. The van der Waals surface area contributed by atoms with Gasteiger partial charge in [0.15, 0.2) is 5.82 Å². The molecule has 0 fully saturated rings. The van der Waals surface area contributed by atoms with Crippen molar-refractivity contribution in [2.45, 2.75) is 13.0 Å². The van der Waals surface area contributed by atoms with Crippen molar-refractivity contribution in [2.75, 3.05) is 10.6 Å². The van der Waals surface area contributed by atoms with Crippen molar-refractivity contribution >= 4 is 28.3 Å². The van der Waals surface area contributed by atoms with Crippen molar-refractivity contribution in [3.63, 3.8) is 0 Å². The molecule has 0 aliphatic carbocycles. The van der Waals surface area contributed by atoms with E-state index >= 15 is 0 Å². The fourth-order valence-electron chi connectivity index (χ4n) is 4.75. The Labute approximate surface area is 213 Å². The average Bonchev–Trinajstić information content (AvgIpc) is 3.36. The Bertz CT molecular complexity index is 1710. The zero-order valence-corrected chi connectivity index (χ0v) is 20.0. The highest BCUT2D eigenvalue weighted by Gasteiger charge is 2.34. The Morgan fingerprint density at radius 1 is 0.946 bits per heavy atom. The van der Waals surface area contributed by atoms with Gasteiger partial charge in [-0.15, -0.1) is 5.10 Å². The second-order valence-electron chi connectivity index (χ2n) is 8.85. The Balaban J connectivity index is 1.48. The van der Waals surface area contributed by atoms with Gasteiger partial charge in [-0.3, -0.25) is 4.79 Å². The number of carbonyl (C=O) groups is 1. The van der Waals surface area contributed by atoms with Crippen LogP contribution in [0.15, 0.2) is 108 Å². The molecule has 2 N–H and O–H groups in total. The lowest BCUT2D eigenvalue weighted by atomic mass is 9.94. The first kappa shape index (κ1) is 22.3. The summed E-state index contributed by atoms with van der Waals surface area (Å²) < 4.78 is 1.76. The molecule has 0 saturated heterocycles. The van der Waals surface area contributed by atoms with Crippen molar-refractivity contribution in [1.29, 1.82) is 5.26 Å². The number of nitriles is 1. The molecule has 7 nitrogen and oxygen atoms in total. The predicted octanol–water partition coefficient (Wildman–Crippen LogP) is 5.90. The number of allylic oxidation sites excluding steroid dienone is 1. The maximum atomic E-state index is 13.6. The summed E-state index contributed by atoms with van der Waals surface area (Å²) in [7, 11) is 0. The number of anilines is 2. The highest BCUT2D eigenvalue weighted by atomic mass is 16.1. The van der Waals surface area contributed by atoms with E-state index in [-0.39, 0.29) is 5.91 Å². The van der Waals surface area contributed by atoms with Gasteiger partial charge in [0.05, 0.1) is 17.2 Å². The highest BCUT2D eigenvalue weighted by molar-refractivity contribution is 6.06. The number of nitrogens with one attached hydrogen (secondary N) is 2. The summed E-state index contributed by atoms with van der Waals surface area (Å²) in [6.45, 7) is 1.87. The Morgan fingerprint density at radius 3 is 2.46 bits per heavy atom. The molecular formula is C30H22N6O. The lowest BCUT2D eigenvalue weighted by Gasteiger charge is -2.28. The highest BCUT2D eigenvalue weighted by Crippen LogP contribution is 2.37. The van der Waals surface area contributed by atoms with Crippen LogP contribution in [0.5, 0.6) is 0 Å². The van der Waals surface area contributed by atoms with Crippen LogP contribution in [-0.2, 0) is 4.79 Å². The standard InChI is InChI=1S/C30H22N6O/c1-19-26(29(37)33-23-10-3-2-4-11-23)27(22-16-14-20(18-31)15-17-22)36-30(32-19)34-28(35-36)25-13-7-9-21-8-5-6-12-24(21)25/h2-17,27H,1H3,(H,33,37)(H,32,34,35). The summed E-state index contributed by atoms with van der Waals surface area (Å²) in [5.74, 6) is 0.875. The van der Waals surface area contributed by atoms with E-state index in [1.54, 1.807) is 16.8 Å². The van der Waals surface area contributed by atoms with Gasteiger partial charge in [-0.1, -0.05) is 72.8 Å². The van der Waals surface area contributed by atoms with Gasteiger partial charge in [0.2, 0.25) is 5.95 Å². The second-order valence-corrected chi connectivity index (χ2v) is 8.85. The first-order valence-corrected chi connectivity index (χ1v) is 11.9. The third kappa shape index (κ3) is 4.01. The maximum Gasteiger partial charge on any atom is 0.255 e. The van der Waals surface area contributed by atoms with Gasteiger partial charge in [0.1, 0.15) is 6.04 Å². The van der Waals surface area contributed by atoms with Crippen molar-refractivity contribution in [3.8, 4) is 17.5 Å². The molecule has 1 aliphatic heterocycles. The normalized spacial score (nSPS) is 14.5. The molecule has 5 aromatic rings. The Hall–Kier alpha value is -5.22. The van der Waals surface area contributed by atoms with E-state index in [1.807, 2.05) is 73.7 Å². The Morgan fingerprint density at radius 2 is 1.68 bits per heavy atom. The zero-order valence-electron chi connectivity index (χ0n) is 20.0. The first-order chi connectivity index (χ1) is 18.1. The third-order valence-corrected chi connectivity index (χ3v) is 6.51. The number of hydrogen-bond acceptors (Lipinski definition) is 5. The van der Waals surface area contributed by atoms with Gasteiger partial charge in [-0.05, 0) is 47.5 Å². The molecule has 0 saturated carbocycles. The lowest BCUT2D eigenvalue weighted by molar-refractivity contribution is -0.113. The zero-order chi connectivity index (χ0) is 25.4. The number of nitrogens with zero attached hydrogens (tertiary/aromatic N) is 4. The topological polar surface area (TPSA) is 95.6 Å². The smallest absolute Gasteiger partial charge is 0.255 e. The second kappa shape index (κ2) is 9.10. The maximum absolute atomic E-state index is 13.6. The van der Waals surface area contributed by atoms with Crippen molar-refractivity contribution in [3.05, 3.63) is 119 Å². The molecular weight excluding hydrogens is 460 g/mol. The van der Waals surface area contributed by atoms with Crippen LogP contribution in [-0.4, -0.2) is 20.7 Å². The average molecular weight is 483 g/mol. The summed E-state index contributed by atoms with van der Waals surface area (Å²) in [6.07, 6.45) is 0. The fraction of sp³-hybridized carbons (Fsp3) is 0.0667. The molecule has 7 heteroatoms. The van der Waals surface area contributed by atoms with Crippen LogP contribution in [0, 0.1) is 11.3 Å². The number of aromatic nitrogens is 3. The minimum absolute atomic E-state index is 0.238. The SMILES string of the molecule is CC1=C(C(=O)Nc2ccccc2)C(c2ccc(C#N)cc2)n2nc(-c3cccc4ccccc34)nc2N1. The van der Waals surface area contributed by atoms with Crippen LogP contribution in [0.1, 0.15) is 24.1 Å². The monoisotopic (exact) mass is 482 g/mol. The van der Waals surface area contributed by atoms with Gasteiger partial charge in [0.25, 0.3) is 5.91 Å². The largest absolute Gasteiger partial charge is 0.328 e. The number of amides is 1. The summed E-state index contributed by atoms with van der Waals surface area (Å²) in [5, 5.41) is 22.7. The van der Waals surface area contributed by atoms with E-state index < -0.39 is 6.04 Å². The lowest BCUT2D eigenvalue weighted by Crippen LogP contribution is -2.31. The molecule has 2 heterocycles. The number of benzene rings is 4. The van der Waals surface area contributed by atoms with Gasteiger partial charge >= 0.3 is 0 Å². The molecule has 0 bridgehead atoms. The Kier molecular flexibility index (Phi) is 5.47.